The number of H-pyrrole nitrogens is 1. The minimum atomic E-state index is -4.56. The number of halogens is 3. The molecule has 2 aliphatic carbocycles. The molecule has 12 nitrogen and oxygen atoms in total. The molecule has 270 valence electrons. The van der Waals surface area contributed by atoms with Crippen LogP contribution in [0.1, 0.15) is 79.0 Å². The molecule has 0 spiro atoms. The van der Waals surface area contributed by atoms with Crippen LogP contribution < -0.4 is 15.1 Å². The summed E-state index contributed by atoms with van der Waals surface area (Å²) in [6, 6.07) is 6.24. The van der Waals surface area contributed by atoms with Gasteiger partial charge in [0.25, 0.3) is 5.91 Å². The zero-order valence-electron chi connectivity index (χ0n) is 28.6. The molecule has 3 N–H and O–H groups in total. The Balaban J connectivity index is 1.18. The third-order valence-electron chi connectivity index (χ3n) is 10.4. The summed E-state index contributed by atoms with van der Waals surface area (Å²) >= 11 is 0. The monoisotopic (exact) mass is 706 g/mol. The van der Waals surface area contributed by atoms with Gasteiger partial charge in [-0.1, -0.05) is 12.8 Å². The van der Waals surface area contributed by atoms with Gasteiger partial charge in [0.05, 0.1) is 47.0 Å². The molecule has 4 aromatic heterocycles. The van der Waals surface area contributed by atoms with Gasteiger partial charge in [-0.2, -0.15) is 18.2 Å². The number of fused-ring (bicyclic) bond motifs is 1. The lowest BCUT2D eigenvalue weighted by molar-refractivity contribution is -0.142. The fourth-order valence-corrected chi connectivity index (χ4v) is 7.64. The predicted octanol–water partition coefficient (Wildman–Crippen LogP) is 6.51. The van der Waals surface area contributed by atoms with Crippen LogP contribution in [0.5, 0.6) is 0 Å². The Kier molecular flexibility index (Phi) is 9.33. The van der Waals surface area contributed by atoms with E-state index in [1.165, 1.54) is 6.20 Å². The second-order valence-electron chi connectivity index (χ2n) is 14.2. The van der Waals surface area contributed by atoms with Crippen molar-refractivity contribution in [3.8, 4) is 11.3 Å². The number of aromatic nitrogens is 5. The summed E-state index contributed by atoms with van der Waals surface area (Å²) in [7, 11) is 3.62. The molecule has 5 heterocycles. The number of carbonyl (C=O) groups excluding carboxylic acids is 1. The van der Waals surface area contributed by atoms with Crippen LogP contribution in [0.25, 0.3) is 22.4 Å². The van der Waals surface area contributed by atoms with E-state index >= 15 is 0 Å². The van der Waals surface area contributed by atoms with Gasteiger partial charge in [-0.15, -0.1) is 0 Å². The highest BCUT2D eigenvalue weighted by Crippen LogP contribution is 2.46. The van der Waals surface area contributed by atoms with E-state index in [0.717, 1.165) is 37.4 Å². The zero-order chi connectivity index (χ0) is 35.9. The number of carboxylic acid groups (broad SMARTS) is 1. The number of alkyl halides is 3. The van der Waals surface area contributed by atoms with Crippen LogP contribution in [-0.4, -0.2) is 82.3 Å². The van der Waals surface area contributed by atoms with Gasteiger partial charge in [-0.25, -0.2) is 9.97 Å². The van der Waals surface area contributed by atoms with Gasteiger partial charge in [0.2, 0.25) is 5.95 Å². The summed E-state index contributed by atoms with van der Waals surface area (Å²) in [4.78, 5) is 49.7. The molecule has 0 radical (unpaired) electrons. The van der Waals surface area contributed by atoms with Gasteiger partial charge in [0.1, 0.15) is 11.2 Å². The molecule has 3 fully saturated rings. The molecule has 0 atom stereocenters. The van der Waals surface area contributed by atoms with E-state index in [1.54, 1.807) is 31.5 Å². The van der Waals surface area contributed by atoms with Crippen molar-refractivity contribution < 1.29 is 32.6 Å². The number of imidazole rings is 1. The van der Waals surface area contributed by atoms with E-state index in [2.05, 4.69) is 35.1 Å². The Bertz CT molecular complexity index is 1910. The number of carboxylic acids is 1. The SMILES string of the molecule is COCC1(CN(C)c2cc(-c3cnc(C4CC4)c(C(F)(F)F)c3)nc3nc(NC(=O)c4ccc(N5CCC(C(=O)O)CC5)cn4)[nH]c23)CCCC1. The van der Waals surface area contributed by atoms with E-state index in [-0.39, 0.29) is 51.5 Å². The molecule has 15 heteroatoms. The first-order chi connectivity index (χ1) is 24.4. The molecule has 0 aromatic carbocycles. The molecule has 3 aliphatic rings. The second kappa shape index (κ2) is 13.7. The normalized spacial score (nSPS) is 17.9. The number of aliphatic carboxylic acids is 1. The number of hydrogen-bond acceptors (Lipinski definition) is 9. The number of methoxy groups -OCH3 is 1. The number of ether oxygens (including phenoxy) is 1. The fraction of sp³-hybridized carbons (Fsp3) is 0.500. The quantitative estimate of drug-likeness (QED) is 0.158. The molecule has 0 unspecified atom stereocenters. The Morgan fingerprint density at radius 1 is 1.08 bits per heavy atom. The summed E-state index contributed by atoms with van der Waals surface area (Å²) < 4.78 is 48.2. The predicted molar refractivity (Wildman–Crippen MR) is 185 cm³/mol. The Labute approximate surface area is 292 Å². The molecule has 7 rings (SSSR count). The average molecular weight is 707 g/mol. The van der Waals surface area contributed by atoms with Gasteiger partial charge < -0.3 is 24.6 Å². The number of anilines is 3. The van der Waals surface area contributed by atoms with Gasteiger partial charge in [-0.3, -0.25) is 19.9 Å². The third kappa shape index (κ3) is 7.34. The van der Waals surface area contributed by atoms with Crippen molar-refractivity contribution in [1.82, 2.24) is 24.9 Å². The topological polar surface area (TPSA) is 149 Å². The summed E-state index contributed by atoms with van der Waals surface area (Å²) in [5.41, 5.74) is 2.10. The first kappa shape index (κ1) is 34.6. The van der Waals surface area contributed by atoms with Crippen molar-refractivity contribution in [1.29, 1.82) is 0 Å². The second-order valence-corrected chi connectivity index (χ2v) is 14.2. The van der Waals surface area contributed by atoms with Crippen LogP contribution in [0.2, 0.25) is 0 Å². The summed E-state index contributed by atoms with van der Waals surface area (Å²) in [5, 5.41) is 12.0. The summed E-state index contributed by atoms with van der Waals surface area (Å²) in [6.07, 6.45) is 5.08. The smallest absolute Gasteiger partial charge is 0.418 e. The number of hydrogen-bond donors (Lipinski definition) is 3. The van der Waals surface area contributed by atoms with Gasteiger partial charge in [-0.05, 0) is 62.8 Å². The van der Waals surface area contributed by atoms with Crippen LogP contribution in [-0.2, 0) is 15.7 Å². The Morgan fingerprint density at radius 2 is 1.82 bits per heavy atom. The zero-order valence-corrected chi connectivity index (χ0v) is 28.6. The van der Waals surface area contributed by atoms with Gasteiger partial charge in [0, 0.05) is 56.9 Å². The molecule has 51 heavy (non-hydrogen) atoms. The molecule has 2 saturated carbocycles. The number of pyridine rings is 3. The molecule has 1 amide bonds. The molecule has 0 bridgehead atoms. The standard InChI is InChI=1S/C36H41F3N8O4/c1-46(19-35(20-51-2)11-3-4-12-35)28-16-27(23-15-25(36(37,38)39)29(41-17-23)21-5-6-21)42-31-30(28)43-34(44-31)45-32(48)26-8-7-24(18-40-26)47-13-9-22(10-14-47)33(49)50/h7-8,15-18,21-22H,3-6,9-14,19-20H2,1-2H3,(H,49,50)(H2,42,43,44,45,48). The first-order valence-electron chi connectivity index (χ1n) is 17.4. The number of nitrogens with zero attached hydrogens (tertiary/aromatic N) is 6. The van der Waals surface area contributed by atoms with Crippen LogP contribution in [0.4, 0.5) is 30.5 Å². The number of aromatic amines is 1. The maximum Gasteiger partial charge on any atom is 0.418 e. The van der Waals surface area contributed by atoms with E-state index in [0.29, 0.717) is 63.1 Å². The van der Waals surface area contributed by atoms with Crippen molar-refractivity contribution >= 4 is 40.4 Å². The van der Waals surface area contributed by atoms with Crippen molar-refractivity contribution in [2.24, 2.45) is 11.3 Å². The Hall–Kier alpha value is -4.79. The van der Waals surface area contributed by atoms with Crippen LogP contribution in [0.3, 0.4) is 0 Å². The molecule has 1 aliphatic heterocycles. The molecule has 4 aromatic rings. The highest BCUT2D eigenvalue weighted by molar-refractivity contribution is 6.03. The molecular formula is C36H41F3N8O4. The highest BCUT2D eigenvalue weighted by Gasteiger charge is 2.40. The minimum Gasteiger partial charge on any atom is -0.481 e. The van der Waals surface area contributed by atoms with Crippen LogP contribution in [0.15, 0.2) is 36.7 Å². The number of rotatable bonds is 11. The maximum atomic E-state index is 14.2. The number of amides is 1. The van der Waals surface area contributed by atoms with Crippen molar-refractivity contribution in [2.75, 3.05) is 55.5 Å². The fourth-order valence-electron chi connectivity index (χ4n) is 7.64. The Morgan fingerprint density at radius 3 is 2.45 bits per heavy atom. The number of carbonyl (C=O) groups is 2. The van der Waals surface area contributed by atoms with E-state index in [1.807, 2.05) is 11.9 Å². The lowest BCUT2D eigenvalue weighted by atomic mass is 9.86. The highest BCUT2D eigenvalue weighted by atomic mass is 19.4. The maximum absolute atomic E-state index is 14.2. The summed E-state index contributed by atoms with van der Waals surface area (Å²) in [6.45, 7) is 2.38. The average Bonchev–Trinajstić information content (AvgIpc) is 3.73. The molecule has 1 saturated heterocycles. The number of nitrogens with one attached hydrogen (secondary N) is 2. The van der Waals surface area contributed by atoms with Crippen molar-refractivity contribution in [3.63, 3.8) is 0 Å². The summed E-state index contributed by atoms with van der Waals surface area (Å²) in [5.74, 6) is -1.73. The lowest BCUT2D eigenvalue weighted by Crippen LogP contribution is -2.37. The third-order valence-corrected chi connectivity index (χ3v) is 10.4. The van der Waals surface area contributed by atoms with Crippen molar-refractivity contribution in [3.05, 3.63) is 53.6 Å². The minimum absolute atomic E-state index is 0.0709. The van der Waals surface area contributed by atoms with Crippen LogP contribution in [0, 0.1) is 11.3 Å². The van der Waals surface area contributed by atoms with Gasteiger partial charge >= 0.3 is 12.1 Å². The lowest BCUT2D eigenvalue weighted by Gasteiger charge is -2.34. The van der Waals surface area contributed by atoms with E-state index in [4.69, 9.17) is 4.74 Å². The van der Waals surface area contributed by atoms with E-state index in [9.17, 15) is 27.9 Å². The van der Waals surface area contributed by atoms with Gasteiger partial charge in [0.15, 0.2) is 5.65 Å². The number of piperidine rings is 1. The molecular weight excluding hydrogens is 665 g/mol. The van der Waals surface area contributed by atoms with Crippen LogP contribution >= 0.6 is 0 Å². The first-order valence-corrected chi connectivity index (χ1v) is 17.4. The van der Waals surface area contributed by atoms with E-state index < -0.39 is 23.6 Å². The largest absolute Gasteiger partial charge is 0.481 e. The van der Waals surface area contributed by atoms with Crippen molar-refractivity contribution in [2.45, 2.75) is 63.5 Å².